The fourth-order valence-electron chi connectivity index (χ4n) is 1.87. The molecule has 0 N–H and O–H groups in total. The number of esters is 1. The highest BCUT2D eigenvalue weighted by molar-refractivity contribution is 7.98. The van der Waals surface area contributed by atoms with Crippen molar-refractivity contribution in [1.82, 2.24) is 4.90 Å². The molecular weight excluding hydrogens is 310 g/mol. The summed E-state index contributed by atoms with van der Waals surface area (Å²) in [4.78, 5) is 36.8. The molecule has 0 spiro atoms. The maximum Gasteiger partial charge on any atom is 0.416 e. The number of imide groups is 1. The Kier molecular flexibility index (Phi) is 5.26. The van der Waals surface area contributed by atoms with Crippen LogP contribution in [0.5, 0.6) is 5.75 Å². The summed E-state index contributed by atoms with van der Waals surface area (Å²) in [5, 5.41) is 0. The number of cyclic esters (lactones) is 1. The third-order valence-electron chi connectivity index (χ3n) is 3.02. The first-order chi connectivity index (χ1) is 10.6. The van der Waals surface area contributed by atoms with Crippen LogP contribution in [-0.4, -0.2) is 56.0 Å². The van der Waals surface area contributed by atoms with Crippen molar-refractivity contribution in [2.45, 2.75) is 4.90 Å². The van der Waals surface area contributed by atoms with E-state index in [4.69, 9.17) is 9.47 Å². The fourth-order valence-corrected chi connectivity index (χ4v) is 2.30. The highest BCUT2D eigenvalue weighted by Crippen LogP contribution is 2.25. The monoisotopic (exact) mass is 325 g/mol. The summed E-state index contributed by atoms with van der Waals surface area (Å²) in [7, 11) is 1.45. The minimum atomic E-state index is -0.719. The molecule has 1 fully saturated rings. The van der Waals surface area contributed by atoms with Crippen molar-refractivity contribution in [3.8, 4) is 5.75 Å². The second-order valence-electron chi connectivity index (χ2n) is 4.30. The SMILES string of the molecule is COc1cc(SC)ccc1C(=O)OCC(=O)N1CCOC1=O. The van der Waals surface area contributed by atoms with Gasteiger partial charge in [-0.05, 0) is 24.5 Å². The van der Waals surface area contributed by atoms with Crippen molar-refractivity contribution in [2.24, 2.45) is 0 Å². The maximum absolute atomic E-state index is 12.0. The van der Waals surface area contributed by atoms with Gasteiger partial charge in [0.25, 0.3) is 5.91 Å². The minimum absolute atomic E-state index is 0.155. The lowest BCUT2D eigenvalue weighted by Gasteiger charge is -2.12. The van der Waals surface area contributed by atoms with E-state index in [2.05, 4.69) is 4.74 Å². The summed E-state index contributed by atoms with van der Waals surface area (Å²) in [5.41, 5.74) is 0.220. The number of nitrogens with zero attached hydrogens (tertiary/aromatic N) is 1. The Morgan fingerprint density at radius 1 is 1.41 bits per heavy atom. The molecule has 1 aromatic carbocycles. The highest BCUT2D eigenvalue weighted by Gasteiger charge is 2.29. The number of carbonyl (C=O) groups excluding carboxylic acids is 3. The van der Waals surface area contributed by atoms with E-state index in [9.17, 15) is 14.4 Å². The average Bonchev–Trinajstić information content (AvgIpc) is 2.97. The molecule has 0 bridgehead atoms. The fraction of sp³-hybridized carbons (Fsp3) is 0.357. The molecule has 0 atom stereocenters. The van der Waals surface area contributed by atoms with Gasteiger partial charge in [-0.25, -0.2) is 14.5 Å². The zero-order valence-corrected chi connectivity index (χ0v) is 13.0. The van der Waals surface area contributed by atoms with Crippen LogP contribution in [0.2, 0.25) is 0 Å². The number of ether oxygens (including phenoxy) is 3. The van der Waals surface area contributed by atoms with E-state index in [0.29, 0.717) is 5.75 Å². The molecule has 2 rings (SSSR count). The number of amides is 2. The van der Waals surface area contributed by atoms with Gasteiger partial charge in [-0.1, -0.05) is 0 Å². The number of thioether (sulfide) groups is 1. The van der Waals surface area contributed by atoms with Gasteiger partial charge in [-0.15, -0.1) is 11.8 Å². The molecular formula is C14H15NO6S. The van der Waals surface area contributed by atoms with E-state index in [0.717, 1.165) is 9.80 Å². The molecule has 1 aliphatic heterocycles. The molecule has 0 aliphatic carbocycles. The van der Waals surface area contributed by atoms with Gasteiger partial charge in [0.2, 0.25) is 0 Å². The molecule has 2 amide bonds. The van der Waals surface area contributed by atoms with Crippen molar-refractivity contribution in [3.63, 3.8) is 0 Å². The van der Waals surface area contributed by atoms with Crippen molar-refractivity contribution in [1.29, 1.82) is 0 Å². The van der Waals surface area contributed by atoms with Crippen molar-refractivity contribution in [3.05, 3.63) is 23.8 Å². The second kappa shape index (κ2) is 7.17. The summed E-state index contributed by atoms with van der Waals surface area (Å²) in [6.07, 6.45) is 1.18. The first-order valence-electron chi connectivity index (χ1n) is 6.43. The molecule has 1 aromatic rings. The lowest BCUT2D eigenvalue weighted by molar-refractivity contribution is -0.131. The number of methoxy groups -OCH3 is 1. The van der Waals surface area contributed by atoms with Crippen LogP contribution in [-0.2, 0) is 14.3 Å². The van der Waals surface area contributed by atoms with Crippen LogP contribution in [0.25, 0.3) is 0 Å². The Bertz CT molecular complexity index is 603. The van der Waals surface area contributed by atoms with Crippen LogP contribution in [0, 0.1) is 0 Å². The van der Waals surface area contributed by atoms with E-state index in [-0.39, 0.29) is 18.7 Å². The van der Waals surface area contributed by atoms with Crippen LogP contribution in [0.4, 0.5) is 4.79 Å². The maximum atomic E-state index is 12.0. The third-order valence-corrected chi connectivity index (χ3v) is 3.74. The van der Waals surface area contributed by atoms with Crippen LogP contribution >= 0.6 is 11.8 Å². The Morgan fingerprint density at radius 2 is 2.18 bits per heavy atom. The van der Waals surface area contributed by atoms with Gasteiger partial charge in [0.15, 0.2) is 6.61 Å². The summed E-state index contributed by atoms with van der Waals surface area (Å²) < 4.78 is 14.7. The van der Waals surface area contributed by atoms with Gasteiger partial charge in [0.1, 0.15) is 17.9 Å². The van der Waals surface area contributed by atoms with Gasteiger partial charge in [-0.2, -0.15) is 0 Å². The molecule has 0 aromatic heterocycles. The number of carbonyl (C=O) groups is 3. The predicted octanol–water partition coefficient (Wildman–Crippen LogP) is 1.55. The molecule has 0 saturated carbocycles. The normalized spacial score (nSPS) is 13.7. The number of hydrogen-bond donors (Lipinski definition) is 0. The summed E-state index contributed by atoms with van der Waals surface area (Å²) in [6, 6.07) is 5.03. The zero-order chi connectivity index (χ0) is 16.1. The first kappa shape index (κ1) is 16.2. The van der Waals surface area contributed by atoms with E-state index in [1.165, 1.54) is 18.9 Å². The van der Waals surface area contributed by atoms with E-state index >= 15 is 0 Å². The second-order valence-corrected chi connectivity index (χ2v) is 5.18. The molecule has 7 nitrogen and oxygen atoms in total. The first-order valence-corrected chi connectivity index (χ1v) is 7.65. The smallest absolute Gasteiger partial charge is 0.416 e. The van der Waals surface area contributed by atoms with Crippen molar-refractivity contribution >= 4 is 29.7 Å². The van der Waals surface area contributed by atoms with Gasteiger partial charge in [-0.3, -0.25) is 4.79 Å². The van der Waals surface area contributed by atoms with E-state index < -0.39 is 24.6 Å². The van der Waals surface area contributed by atoms with Crippen LogP contribution in [0.1, 0.15) is 10.4 Å². The topological polar surface area (TPSA) is 82.1 Å². The minimum Gasteiger partial charge on any atom is -0.496 e. The van der Waals surface area contributed by atoms with Crippen LogP contribution < -0.4 is 4.74 Å². The summed E-state index contributed by atoms with van der Waals surface area (Å²) >= 11 is 1.51. The number of benzene rings is 1. The summed E-state index contributed by atoms with van der Waals surface area (Å²) in [5.74, 6) is -0.939. The zero-order valence-electron chi connectivity index (χ0n) is 12.2. The highest BCUT2D eigenvalue weighted by atomic mass is 32.2. The Labute approximate surface area is 131 Å². The molecule has 1 heterocycles. The van der Waals surface area contributed by atoms with Crippen molar-refractivity contribution in [2.75, 3.05) is 33.1 Å². The third kappa shape index (κ3) is 3.51. The quantitative estimate of drug-likeness (QED) is 0.600. The lowest BCUT2D eigenvalue weighted by Crippen LogP contribution is -2.35. The van der Waals surface area contributed by atoms with Crippen LogP contribution in [0.3, 0.4) is 0 Å². The van der Waals surface area contributed by atoms with Crippen molar-refractivity contribution < 1.29 is 28.6 Å². The van der Waals surface area contributed by atoms with Gasteiger partial charge < -0.3 is 14.2 Å². The lowest BCUT2D eigenvalue weighted by atomic mass is 10.2. The summed E-state index contributed by atoms with van der Waals surface area (Å²) in [6.45, 7) is -0.204. The largest absolute Gasteiger partial charge is 0.496 e. The Morgan fingerprint density at radius 3 is 2.77 bits per heavy atom. The molecule has 0 unspecified atom stereocenters. The number of rotatable bonds is 5. The molecule has 22 heavy (non-hydrogen) atoms. The standard InChI is InChI=1S/C14H15NO6S/c1-19-11-7-9(22-2)3-4-10(11)13(17)21-8-12(16)15-5-6-20-14(15)18/h3-4,7H,5-6,8H2,1-2H3. The molecule has 1 aliphatic rings. The van der Waals surface area contributed by atoms with Gasteiger partial charge in [0.05, 0.1) is 13.7 Å². The predicted molar refractivity (Wildman–Crippen MR) is 78.1 cm³/mol. The van der Waals surface area contributed by atoms with Crippen LogP contribution in [0.15, 0.2) is 23.1 Å². The molecule has 8 heteroatoms. The molecule has 118 valence electrons. The van der Waals surface area contributed by atoms with Gasteiger partial charge >= 0.3 is 12.1 Å². The molecule has 0 radical (unpaired) electrons. The number of hydrogen-bond acceptors (Lipinski definition) is 7. The Hall–Kier alpha value is -2.22. The Balaban J connectivity index is 2.00. The van der Waals surface area contributed by atoms with E-state index in [1.54, 1.807) is 18.2 Å². The molecule has 1 saturated heterocycles. The van der Waals surface area contributed by atoms with E-state index in [1.807, 2.05) is 6.26 Å². The average molecular weight is 325 g/mol. The van der Waals surface area contributed by atoms with Gasteiger partial charge in [0, 0.05) is 4.90 Å².